The first kappa shape index (κ1) is 20.4. The van der Waals surface area contributed by atoms with Crippen LogP contribution in [-0.2, 0) is 23.0 Å². The predicted molar refractivity (Wildman–Crippen MR) is 115 cm³/mol. The normalized spacial score (nSPS) is 19.1. The summed E-state index contributed by atoms with van der Waals surface area (Å²) in [5.41, 5.74) is 3.89. The van der Waals surface area contributed by atoms with Gasteiger partial charge in [0.05, 0.1) is 7.11 Å². The largest absolute Gasteiger partial charge is 0.495 e. The summed E-state index contributed by atoms with van der Waals surface area (Å²) in [7, 11) is -2.00. The molecule has 2 aromatic rings. The standard InChI is InChI=1S/C23H30N2O3S/c1-18-7-8-23(22(15-18)28-2)29(26,27)25-13-9-19(10-14-25)16-24-12-11-20-5-3-4-6-21(20)17-24/h3-8,15,19H,9-14,16-17H2,1-2H3. The van der Waals surface area contributed by atoms with E-state index in [0.717, 1.165) is 44.5 Å². The summed E-state index contributed by atoms with van der Waals surface area (Å²) in [5, 5.41) is 0. The Morgan fingerprint density at radius 1 is 1.03 bits per heavy atom. The van der Waals surface area contributed by atoms with Gasteiger partial charge in [0.15, 0.2) is 0 Å². The van der Waals surface area contributed by atoms with Crippen LogP contribution in [0.1, 0.15) is 29.5 Å². The number of hydrogen-bond acceptors (Lipinski definition) is 4. The van der Waals surface area contributed by atoms with Gasteiger partial charge in [-0.15, -0.1) is 0 Å². The first-order valence-corrected chi connectivity index (χ1v) is 11.9. The van der Waals surface area contributed by atoms with Crippen LogP contribution in [0.5, 0.6) is 5.75 Å². The van der Waals surface area contributed by atoms with Crippen LogP contribution in [0.4, 0.5) is 0 Å². The van der Waals surface area contributed by atoms with Crippen LogP contribution >= 0.6 is 0 Å². The second-order valence-electron chi connectivity index (χ2n) is 8.26. The lowest BCUT2D eigenvalue weighted by atomic mass is 9.94. The first-order valence-electron chi connectivity index (χ1n) is 10.4. The number of hydrogen-bond donors (Lipinski definition) is 0. The minimum Gasteiger partial charge on any atom is -0.495 e. The Labute approximate surface area is 174 Å². The fraction of sp³-hybridized carbons (Fsp3) is 0.478. The summed E-state index contributed by atoms with van der Waals surface area (Å²) in [4.78, 5) is 2.80. The molecule has 0 bridgehead atoms. The lowest BCUT2D eigenvalue weighted by Crippen LogP contribution is -2.42. The smallest absolute Gasteiger partial charge is 0.246 e. The van der Waals surface area contributed by atoms with Gasteiger partial charge in [0, 0.05) is 32.7 Å². The topological polar surface area (TPSA) is 49.9 Å². The molecule has 2 aromatic carbocycles. The van der Waals surface area contributed by atoms with Crippen LogP contribution in [0.3, 0.4) is 0 Å². The Kier molecular flexibility index (Phi) is 5.95. The van der Waals surface area contributed by atoms with Crippen molar-refractivity contribution in [3.8, 4) is 5.75 Å². The van der Waals surface area contributed by atoms with Crippen LogP contribution < -0.4 is 4.74 Å². The fourth-order valence-corrected chi connectivity index (χ4v) is 6.14. The van der Waals surface area contributed by atoms with Crippen molar-refractivity contribution in [3.05, 3.63) is 59.2 Å². The summed E-state index contributed by atoms with van der Waals surface area (Å²) in [6.07, 6.45) is 2.92. The number of aryl methyl sites for hydroxylation is 1. The van der Waals surface area contributed by atoms with E-state index in [1.54, 1.807) is 16.4 Å². The Morgan fingerprint density at radius 3 is 2.48 bits per heavy atom. The number of methoxy groups -OCH3 is 1. The Hall–Kier alpha value is -1.89. The average molecular weight is 415 g/mol. The molecule has 0 unspecified atom stereocenters. The number of piperidine rings is 1. The highest BCUT2D eigenvalue weighted by molar-refractivity contribution is 7.89. The molecule has 4 rings (SSSR count). The lowest BCUT2D eigenvalue weighted by molar-refractivity contribution is 0.171. The number of benzene rings is 2. The predicted octanol–water partition coefficient (Wildman–Crippen LogP) is 3.46. The van der Waals surface area contributed by atoms with E-state index >= 15 is 0 Å². The summed E-state index contributed by atoms with van der Waals surface area (Å²) in [5.74, 6) is 0.978. The molecule has 0 amide bonds. The van der Waals surface area contributed by atoms with Crippen molar-refractivity contribution in [3.63, 3.8) is 0 Å². The van der Waals surface area contributed by atoms with Crippen LogP contribution in [-0.4, -0.2) is 50.9 Å². The van der Waals surface area contributed by atoms with Crippen molar-refractivity contribution < 1.29 is 13.2 Å². The van der Waals surface area contributed by atoms with Gasteiger partial charge in [0.2, 0.25) is 10.0 Å². The molecule has 1 saturated heterocycles. The molecule has 0 radical (unpaired) electrons. The van der Waals surface area contributed by atoms with E-state index in [-0.39, 0.29) is 4.90 Å². The zero-order chi connectivity index (χ0) is 20.4. The molecule has 2 aliphatic rings. The third kappa shape index (κ3) is 4.34. The van der Waals surface area contributed by atoms with Gasteiger partial charge in [0.25, 0.3) is 0 Å². The number of ether oxygens (including phenoxy) is 1. The van der Waals surface area contributed by atoms with E-state index < -0.39 is 10.0 Å². The van der Waals surface area contributed by atoms with Gasteiger partial charge in [0.1, 0.15) is 10.6 Å². The quantitative estimate of drug-likeness (QED) is 0.752. The molecule has 0 aromatic heterocycles. The van der Waals surface area contributed by atoms with Crippen LogP contribution in [0.15, 0.2) is 47.4 Å². The Balaban J connectivity index is 1.37. The highest BCUT2D eigenvalue weighted by atomic mass is 32.2. The monoisotopic (exact) mass is 414 g/mol. The van der Waals surface area contributed by atoms with Gasteiger partial charge in [-0.2, -0.15) is 4.31 Å². The molecule has 2 heterocycles. The van der Waals surface area contributed by atoms with Crippen LogP contribution in [0.2, 0.25) is 0 Å². The van der Waals surface area contributed by atoms with Crippen molar-refractivity contribution in [1.82, 2.24) is 9.21 Å². The molecular weight excluding hydrogens is 384 g/mol. The van der Waals surface area contributed by atoms with E-state index in [1.165, 1.54) is 18.2 Å². The molecule has 6 heteroatoms. The fourth-order valence-electron chi connectivity index (χ4n) is 4.53. The van der Waals surface area contributed by atoms with Crippen molar-refractivity contribution in [2.24, 2.45) is 5.92 Å². The van der Waals surface area contributed by atoms with Gasteiger partial charge < -0.3 is 4.74 Å². The van der Waals surface area contributed by atoms with E-state index in [2.05, 4.69) is 29.2 Å². The molecule has 5 nitrogen and oxygen atoms in total. The molecule has 0 aliphatic carbocycles. The number of nitrogens with zero attached hydrogens (tertiary/aromatic N) is 2. The molecular formula is C23H30N2O3S. The van der Waals surface area contributed by atoms with Crippen LogP contribution in [0.25, 0.3) is 0 Å². The van der Waals surface area contributed by atoms with Gasteiger partial charge in [-0.1, -0.05) is 30.3 Å². The van der Waals surface area contributed by atoms with E-state index in [4.69, 9.17) is 4.74 Å². The average Bonchev–Trinajstić information content (AvgIpc) is 2.73. The first-order chi connectivity index (χ1) is 14.0. The minimum absolute atomic E-state index is 0.275. The number of fused-ring (bicyclic) bond motifs is 1. The maximum Gasteiger partial charge on any atom is 0.246 e. The van der Waals surface area contributed by atoms with Crippen molar-refractivity contribution in [2.75, 3.05) is 33.3 Å². The van der Waals surface area contributed by atoms with Crippen molar-refractivity contribution >= 4 is 10.0 Å². The van der Waals surface area contributed by atoms with E-state index in [1.807, 2.05) is 13.0 Å². The zero-order valence-electron chi connectivity index (χ0n) is 17.3. The second-order valence-corrected chi connectivity index (χ2v) is 10.2. The molecule has 2 aliphatic heterocycles. The second kappa shape index (κ2) is 8.46. The third-order valence-corrected chi connectivity index (χ3v) is 8.17. The van der Waals surface area contributed by atoms with Gasteiger partial charge in [-0.25, -0.2) is 8.42 Å². The number of rotatable bonds is 5. The Morgan fingerprint density at radius 2 is 1.76 bits per heavy atom. The van der Waals surface area contributed by atoms with Crippen molar-refractivity contribution in [2.45, 2.75) is 37.6 Å². The van der Waals surface area contributed by atoms with Crippen molar-refractivity contribution in [1.29, 1.82) is 0 Å². The maximum absolute atomic E-state index is 13.1. The maximum atomic E-state index is 13.1. The minimum atomic E-state index is -3.52. The van der Waals surface area contributed by atoms with Crippen LogP contribution in [0, 0.1) is 12.8 Å². The molecule has 0 atom stereocenters. The molecule has 0 saturated carbocycles. The Bertz CT molecular complexity index is 966. The van der Waals surface area contributed by atoms with Gasteiger partial charge in [-0.05, 0) is 60.9 Å². The summed E-state index contributed by atoms with van der Waals surface area (Å²) < 4.78 is 33.3. The molecule has 29 heavy (non-hydrogen) atoms. The third-order valence-electron chi connectivity index (χ3n) is 6.24. The molecule has 0 spiro atoms. The zero-order valence-corrected chi connectivity index (χ0v) is 18.1. The van der Waals surface area contributed by atoms with E-state index in [0.29, 0.717) is 24.8 Å². The highest BCUT2D eigenvalue weighted by Crippen LogP contribution is 2.31. The SMILES string of the molecule is COc1cc(C)ccc1S(=O)(=O)N1CCC(CN2CCc3ccccc3C2)CC1. The molecule has 0 N–H and O–H groups in total. The summed E-state index contributed by atoms with van der Waals surface area (Å²) in [6, 6.07) is 14.0. The van der Waals surface area contributed by atoms with E-state index in [9.17, 15) is 8.42 Å². The lowest BCUT2D eigenvalue weighted by Gasteiger charge is -2.36. The summed E-state index contributed by atoms with van der Waals surface area (Å²) >= 11 is 0. The van der Waals surface area contributed by atoms with Gasteiger partial charge >= 0.3 is 0 Å². The molecule has 1 fully saturated rings. The highest BCUT2D eigenvalue weighted by Gasteiger charge is 2.32. The van der Waals surface area contributed by atoms with Gasteiger partial charge in [-0.3, -0.25) is 4.90 Å². The number of sulfonamides is 1. The molecule has 156 valence electrons. The summed E-state index contributed by atoms with van der Waals surface area (Å²) in [6.45, 7) is 6.24.